The molecule has 0 aliphatic heterocycles. The molecule has 0 aliphatic carbocycles. The van der Waals surface area contributed by atoms with Crippen LogP contribution in [0, 0.1) is 5.92 Å². The zero-order valence-corrected chi connectivity index (χ0v) is 13.8. The highest BCUT2D eigenvalue weighted by atomic mass is 35.5. The second kappa shape index (κ2) is 8.43. The van der Waals surface area contributed by atoms with Gasteiger partial charge in [-0.25, -0.2) is 0 Å². The van der Waals surface area contributed by atoms with E-state index in [1.165, 1.54) is 0 Å². The number of rotatable bonds is 8. The van der Waals surface area contributed by atoms with Crippen molar-refractivity contribution < 1.29 is 4.79 Å². The van der Waals surface area contributed by atoms with Crippen LogP contribution >= 0.6 is 11.6 Å². The van der Waals surface area contributed by atoms with Crippen LogP contribution in [0.4, 0.5) is 0 Å². The molecule has 0 aromatic heterocycles. The lowest BCUT2D eigenvalue weighted by molar-refractivity contribution is 0.0819. The van der Waals surface area contributed by atoms with E-state index in [2.05, 4.69) is 25.7 Å². The first-order valence-electron chi connectivity index (χ1n) is 7.57. The molecule has 3 heteroatoms. The lowest BCUT2D eigenvalue weighted by Crippen LogP contribution is -2.41. The number of halogens is 1. The van der Waals surface area contributed by atoms with E-state index in [1.807, 2.05) is 19.1 Å². The Kier molecular flexibility index (Phi) is 7.25. The van der Waals surface area contributed by atoms with Crippen molar-refractivity contribution in [3.8, 4) is 0 Å². The van der Waals surface area contributed by atoms with E-state index in [9.17, 15) is 4.79 Å². The molecule has 0 spiro atoms. The first-order valence-corrected chi connectivity index (χ1v) is 7.95. The summed E-state index contributed by atoms with van der Waals surface area (Å²) in [5.74, 6) is 0.810. The van der Waals surface area contributed by atoms with Crippen molar-refractivity contribution in [2.45, 2.75) is 46.6 Å². The van der Waals surface area contributed by atoms with E-state index in [-0.39, 0.29) is 11.8 Å². The average molecular weight is 296 g/mol. The number of benzene rings is 1. The van der Waals surface area contributed by atoms with Crippen molar-refractivity contribution in [3.05, 3.63) is 34.9 Å². The van der Waals surface area contributed by atoms with Gasteiger partial charge in [0.2, 0.25) is 0 Å². The number of hydrogen-bond acceptors (Lipinski definition) is 2. The minimum absolute atomic E-state index is 0.0981. The molecule has 2 nitrogen and oxygen atoms in total. The lowest BCUT2D eigenvalue weighted by atomic mass is 9.99. The molecule has 0 aliphatic rings. The summed E-state index contributed by atoms with van der Waals surface area (Å²) in [4.78, 5) is 14.8. The molecule has 112 valence electrons. The van der Waals surface area contributed by atoms with Gasteiger partial charge in [0.1, 0.15) is 0 Å². The molecule has 0 heterocycles. The van der Waals surface area contributed by atoms with Crippen molar-refractivity contribution in [1.82, 2.24) is 4.90 Å². The monoisotopic (exact) mass is 295 g/mol. The van der Waals surface area contributed by atoms with Crippen molar-refractivity contribution in [3.63, 3.8) is 0 Å². The van der Waals surface area contributed by atoms with Gasteiger partial charge in [-0.3, -0.25) is 9.69 Å². The van der Waals surface area contributed by atoms with E-state index >= 15 is 0 Å². The van der Waals surface area contributed by atoms with E-state index in [0.717, 1.165) is 25.9 Å². The van der Waals surface area contributed by atoms with Crippen molar-refractivity contribution in [2.24, 2.45) is 5.92 Å². The van der Waals surface area contributed by atoms with E-state index in [1.54, 1.807) is 12.1 Å². The topological polar surface area (TPSA) is 20.3 Å². The van der Waals surface area contributed by atoms with Crippen LogP contribution in [0.2, 0.25) is 5.02 Å². The highest BCUT2D eigenvalue weighted by Gasteiger charge is 2.23. The predicted octanol–water partition coefficient (Wildman–Crippen LogP) is 4.67. The van der Waals surface area contributed by atoms with Gasteiger partial charge in [-0.15, -0.1) is 0 Å². The minimum atomic E-state index is -0.0981. The van der Waals surface area contributed by atoms with Gasteiger partial charge >= 0.3 is 0 Å². The summed E-state index contributed by atoms with van der Waals surface area (Å²) in [6.07, 6.45) is 2.32. The second-order valence-corrected chi connectivity index (χ2v) is 5.76. The standard InChI is InChI=1S/C17H26ClNO/c1-5-14(6-2)12-19(7-3)13(4)17(20)15-9-8-10-16(18)11-15/h8-11,13-14H,5-7,12H2,1-4H3. The summed E-state index contributed by atoms with van der Waals surface area (Å²) in [5.41, 5.74) is 0.702. The fraction of sp³-hybridized carbons (Fsp3) is 0.588. The average Bonchev–Trinajstić information content (AvgIpc) is 2.47. The predicted molar refractivity (Wildman–Crippen MR) is 86.6 cm³/mol. The van der Waals surface area contributed by atoms with Gasteiger partial charge in [0.25, 0.3) is 0 Å². The molecule has 1 unspecified atom stereocenters. The maximum atomic E-state index is 12.6. The number of hydrogen-bond donors (Lipinski definition) is 0. The third-order valence-corrected chi connectivity index (χ3v) is 4.32. The van der Waals surface area contributed by atoms with Crippen LogP contribution in [0.3, 0.4) is 0 Å². The number of carbonyl (C=O) groups is 1. The third-order valence-electron chi connectivity index (χ3n) is 4.09. The summed E-state index contributed by atoms with van der Waals surface area (Å²) >= 11 is 5.97. The smallest absolute Gasteiger partial charge is 0.179 e. The molecule has 1 rings (SSSR count). The van der Waals surface area contributed by atoms with Crippen LogP contribution in [0.5, 0.6) is 0 Å². The van der Waals surface area contributed by atoms with E-state index in [4.69, 9.17) is 11.6 Å². The van der Waals surface area contributed by atoms with Gasteiger partial charge in [0.05, 0.1) is 6.04 Å². The molecule has 0 amide bonds. The molecule has 20 heavy (non-hydrogen) atoms. The lowest BCUT2D eigenvalue weighted by Gasteiger charge is -2.30. The van der Waals surface area contributed by atoms with Crippen molar-refractivity contribution in [1.29, 1.82) is 0 Å². The van der Waals surface area contributed by atoms with Crippen LogP contribution in [0.1, 0.15) is 50.9 Å². The minimum Gasteiger partial charge on any atom is -0.294 e. The van der Waals surface area contributed by atoms with Gasteiger partial charge in [-0.2, -0.15) is 0 Å². The van der Waals surface area contributed by atoms with Crippen LogP contribution in [-0.2, 0) is 0 Å². The van der Waals surface area contributed by atoms with Crippen LogP contribution in [0.15, 0.2) is 24.3 Å². The normalized spacial score (nSPS) is 12.9. The Labute approximate surface area is 128 Å². The van der Waals surface area contributed by atoms with E-state index in [0.29, 0.717) is 16.5 Å². The number of Topliss-reactive ketones (excluding diaryl/α,β-unsaturated/α-hetero) is 1. The third kappa shape index (κ3) is 4.60. The van der Waals surface area contributed by atoms with Crippen molar-refractivity contribution in [2.75, 3.05) is 13.1 Å². The Morgan fingerprint density at radius 1 is 1.25 bits per heavy atom. The summed E-state index contributed by atoms with van der Waals surface area (Å²) in [6.45, 7) is 10.4. The summed E-state index contributed by atoms with van der Waals surface area (Å²) < 4.78 is 0. The highest BCUT2D eigenvalue weighted by molar-refractivity contribution is 6.31. The summed E-state index contributed by atoms with van der Waals surface area (Å²) in [6, 6.07) is 7.13. The molecule has 1 aromatic carbocycles. The summed E-state index contributed by atoms with van der Waals surface area (Å²) in [7, 11) is 0. The SMILES string of the molecule is CCC(CC)CN(CC)C(C)C(=O)c1cccc(Cl)c1. The molecule has 0 fully saturated rings. The van der Waals surface area contributed by atoms with Crippen LogP contribution in [-0.4, -0.2) is 29.8 Å². The van der Waals surface area contributed by atoms with Crippen LogP contribution < -0.4 is 0 Å². The number of carbonyl (C=O) groups excluding carboxylic acids is 1. The number of nitrogens with zero attached hydrogens (tertiary/aromatic N) is 1. The molecule has 0 N–H and O–H groups in total. The molecule has 0 saturated carbocycles. The Hall–Kier alpha value is -0.860. The Balaban J connectivity index is 2.79. The molecular formula is C17H26ClNO. The van der Waals surface area contributed by atoms with Crippen LogP contribution in [0.25, 0.3) is 0 Å². The first kappa shape index (κ1) is 17.2. The molecule has 0 saturated heterocycles. The fourth-order valence-corrected chi connectivity index (χ4v) is 2.68. The van der Waals surface area contributed by atoms with Gasteiger partial charge < -0.3 is 0 Å². The quantitative estimate of drug-likeness (QED) is 0.650. The summed E-state index contributed by atoms with van der Waals surface area (Å²) in [5, 5.41) is 0.617. The van der Waals surface area contributed by atoms with Gasteiger partial charge in [-0.1, -0.05) is 57.3 Å². The van der Waals surface area contributed by atoms with Crippen molar-refractivity contribution >= 4 is 17.4 Å². The van der Waals surface area contributed by atoms with Gasteiger partial charge in [0.15, 0.2) is 5.78 Å². The second-order valence-electron chi connectivity index (χ2n) is 5.32. The number of ketones is 1. The molecule has 1 aromatic rings. The zero-order valence-electron chi connectivity index (χ0n) is 13.0. The Morgan fingerprint density at radius 2 is 1.90 bits per heavy atom. The largest absolute Gasteiger partial charge is 0.294 e. The number of likely N-dealkylation sites (N-methyl/N-ethyl adjacent to an activating group) is 1. The molecule has 1 atom stereocenters. The van der Waals surface area contributed by atoms with Gasteiger partial charge in [-0.05, 0) is 31.5 Å². The van der Waals surface area contributed by atoms with E-state index < -0.39 is 0 Å². The first-order chi connectivity index (χ1) is 9.53. The maximum absolute atomic E-state index is 12.6. The van der Waals surface area contributed by atoms with Gasteiger partial charge in [0, 0.05) is 17.1 Å². The molecule has 0 bridgehead atoms. The molecule has 0 radical (unpaired) electrons. The highest BCUT2D eigenvalue weighted by Crippen LogP contribution is 2.17. The Bertz CT molecular complexity index is 429. The maximum Gasteiger partial charge on any atom is 0.179 e. The zero-order chi connectivity index (χ0) is 15.1. The fourth-order valence-electron chi connectivity index (χ4n) is 2.49. The molecular weight excluding hydrogens is 270 g/mol. The Morgan fingerprint density at radius 3 is 2.40 bits per heavy atom.